The quantitative estimate of drug-likeness (QED) is 0.667. The number of nitrogens with one attached hydrogen (secondary N) is 1. The summed E-state index contributed by atoms with van der Waals surface area (Å²) in [6.45, 7) is 7.60. The number of hydrogen-bond donors (Lipinski definition) is 2. The molecule has 2 unspecified atom stereocenters. The highest BCUT2D eigenvalue weighted by atomic mass is 16.6. The van der Waals surface area contributed by atoms with Crippen LogP contribution in [0.5, 0.6) is 0 Å². The molecule has 82 valence electrons. The Morgan fingerprint density at radius 3 is 2.43 bits per heavy atom. The van der Waals surface area contributed by atoms with Crippen LogP contribution in [0.4, 0.5) is 4.79 Å². The van der Waals surface area contributed by atoms with Crippen molar-refractivity contribution < 1.29 is 9.53 Å². The number of nitrogens with two attached hydrogens (primary N) is 1. The lowest BCUT2D eigenvalue weighted by molar-refractivity contribution is -0.00637. The molecule has 0 aromatic heterocycles. The van der Waals surface area contributed by atoms with Crippen LogP contribution in [0.25, 0.3) is 0 Å². The van der Waals surface area contributed by atoms with Gasteiger partial charge in [-0.25, -0.2) is 4.79 Å². The third-order valence-corrected chi connectivity index (χ3v) is 2.79. The lowest BCUT2D eigenvalue weighted by Gasteiger charge is -2.34. The Morgan fingerprint density at radius 1 is 1.64 bits per heavy atom. The van der Waals surface area contributed by atoms with Gasteiger partial charge in [0, 0.05) is 5.92 Å². The van der Waals surface area contributed by atoms with E-state index in [1.54, 1.807) is 0 Å². The average Bonchev–Trinajstić information content (AvgIpc) is 2.04. The molecule has 0 saturated carbocycles. The molecule has 14 heavy (non-hydrogen) atoms. The second-order valence-electron chi connectivity index (χ2n) is 4.05. The molecule has 2 atom stereocenters. The number of amides is 1. The molecule has 0 aliphatic heterocycles. The Hall–Kier alpha value is -1.06. The summed E-state index contributed by atoms with van der Waals surface area (Å²) in [6, 6.07) is 0. The van der Waals surface area contributed by atoms with E-state index in [0.717, 1.165) is 6.42 Å². The van der Waals surface area contributed by atoms with Gasteiger partial charge in [0.1, 0.15) is 5.60 Å². The standard InChI is InChI=1S/C10H20N2O2/c1-5-8(6-11)7(2)10(3,4)14-9(12)13/h6-8,11H,5H2,1-4H3,(H2,12,13). The van der Waals surface area contributed by atoms with Crippen LogP contribution in [0.2, 0.25) is 0 Å². The van der Waals surface area contributed by atoms with Crippen LogP contribution in [0.3, 0.4) is 0 Å². The molecule has 1 amide bonds. The van der Waals surface area contributed by atoms with E-state index in [1.165, 1.54) is 6.21 Å². The summed E-state index contributed by atoms with van der Waals surface area (Å²) in [7, 11) is 0. The smallest absolute Gasteiger partial charge is 0.405 e. The number of primary amides is 1. The van der Waals surface area contributed by atoms with Gasteiger partial charge in [0.25, 0.3) is 0 Å². The van der Waals surface area contributed by atoms with Gasteiger partial charge >= 0.3 is 6.09 Å². The molecule has 0 aromatic carbocycles. The Labute approximate surface area is 85.3 Å². The van der Waals surface area contributed by atoms with Gasteiger partial charge in [-0.2, -0.15) is 0 Å². The van der Waals surface area contributed by atoms with Gasteiger partial charge in [-0.1, -0.05) is 13.8 Å². The molecule has 0 aliphatic carbocycles. The molecule has 0 bridgehead atoms. The average molecular weight is 200 g/mol. The molecule has 0 heterocycles. The normalized spacial score (nSPS) is 15.7. The van der Waals surface area contributed by atoms with Gasteiger partial charge in [-0.05, 0) is 32.4 Å². The molecule has 0 spiro atoms. The highest BCUT2D eigenvalue weighted by molar-refractivity contribution is 5.65. The van der Waals surface area contributed by atoms with Gasteiger partial charge in [0.05, 0.1) is 0 Å². The first-order chi connectivity index (χ1) is 6.35. The summed E-state index contributed by atoms with van der Waals surface area (Å²) in [4.78, 5) is 10.7. The molecule has 0 saturated heterocycles. The van der Waals surface area contributed by atoms with Crippen LogP contribution in [0, 0.1) is 17.2 Å². The van der Waals surface area contributed by atoms with Crippen molar-refractivity contribution in [1.29, 1.82) is 5.41 Å². The monoisotopic (exact) mass is 200 g/mol. The van der Waals surface area contributed by atoms with Crippen molar-refractivity contribution in [3.8, 4) is 0 Å². The fourth-order valence-corrected chi connectivity index (χ4v) is 1.48. The Balaban J connectivity index is 4.53. The number of rotatable bonds is 5. The fourth-order valence-electron chi connectivity index (χ4n) is 1.48. The largest absolute Gasteiger partial charge is 0.443 e. The first-order valence-corrected chi connectivity index (χ1v) is 4.84. The molecular formula is C10H20N2O2. The minimum atomic E-state index is -0.762. The van der Waals surface area contributed by atoms with Crippen LogP contribution in [-0.2, 0) is 4.74 Å². The van der Waals surface area contributed by atoms with E-state index in [9.17, 15) is 4.79 Å². The number of hydrogen-bond acceptors (Lipinski definition) is 3. The van der Waals surface area contributed by atoms with E-state index in [4.69, 9.17) is 15.9 Å². The number of carbonyl (C=O) groups excluding carboxylic acids is 1. The maximum atomic E-state index is 10.7. The maximum absolute atomic E-state index is 10.7. The molecule has 4 heteroatoms. The predicted octanol–water partition coefficient (Wildman–Crippen LogP) is 2.17. The van der Waals surface area contributed by atoms with E-state index in [2.05, 4.69) is 0 Å². The van der Waals surface area contributed by atoms with Crippen molar-refractivity contribution in [1.82, 2.24) is 0 Å². The van der Waals surface area contributed by atoms with Crippen LogP contribution in [0.15, 0.2) is 0 Å². The molecular weight excluding hydrogens is 180 g/mol. The van der Waals surface area contributed by atoms with Gasteiger partial charge < -0.3 is 15.9 Å². The van der Waals surface area contributed by atoms with Gasteiger partial charge in [-0.15, -0.1) is 0 Å². The molecule has 0 aromatic rings. The molecule has 3 N–H and O–H groups in total. The van der Waals surface area contributed by atoms with E-state index < -0.39 is 11.7 Å². The summed E-state index contributed by atoms with van der Waals surface area (Å²) < 4.78 is 5.02. The minimum absolute atomic E-state index is 0.0810. The van der Waals surface area contributed by atoms with E-state index in [-0.39, 0.29) is 11.8 Å². The summed E-state index contributed by atoms with van der Waals surface area (Å²) in [6.07, 6.45) is 1.49. The molecule has 0 aliphatic rings. The van der Waals surface area contributed by atoms with Gasteiger partial charge in [0.15, 0.2) is 0 Å². The Kier molecular flexibility index (Phi) is 4.60. The molecule has 4 nitrogen and oxygen atoms in total. The highest BCUT2D eigenvalue weighted by Crippen LogP contribution is 2.28. The Bertz CT molecular complexity index is 214. The van der Waals surface area contributed by atoms with Gasteiger partial charge in [0.2, 0.25) is 0 Å². The van der Waals surface area contributed by atoms with E-state index in [0.29, 0.717) is 0 Å². The van der Waals surface area contributed by atoms with Crippen molar-refractivity contribution in [2.45, 2.75) is 39.7 Å². The highest BCUT2D eigenvalue weighted by Gasteiger charge is 2.33. The summed E-state index contributed by atoms with van der Waals surface area (Å²) >= 11 is 0. The van der Waals surface area contributed by atoms with Crippen molar-refractivity contribution in [3.05, 3.63) is 0 Å². The maximum Gasteiger partial charge on any atom is 0.405 e. The SMILES string of the molecule is CCC(C=N)C(C)C(C)(C)OC(N)=O. The van der Waals surface area contributed by atoms with Gasteiger partial charge in [-0.3, -0.25) is 0 Å². The second-order valence-corrected chi connectivity index (χ2v) is 4.05. The lowest BCUT2D eigenvalue weighted by atomic mass is 9.81. The first kappa shape index (κ1) is 12.9. The lowest BCUT2D eigenvalue weighted by Crippen LogP contribution is -2.40. The summed E-state index contributed by atoms with van der Waals surface area (Å²) in [5.41, 5.74) is 4.36. The summed E-state index contributed by atoms with van der Waals surface area (Å²) in [5.74, 6) is 0.196. The first-order valence-electron chi connectivity index (χ1n) is 4.84. The molecule has 0 fully saturated rings. The van der Waals surface area contributed by atoms with Crippen LogP contribution in [-0.4, -0.2) is 17.9 Å². The zero-order chi connectivity index (χ0) is 11.4. The second kappa shape index (κ2) is 4.98. The number of ether oxygens (including phenoxy) is 1. The predicted molar refractivity (Wildman–Crippen MR) is 56.5 cm³/mol. The fraction of sp³-hybridized carbons (Fsp3) is 0.800. The third kappa shape index (κ3) is 3.36. The van der Waals surface area contributed by atoms with Crippen LogP contribution < -0.4 is 5.73 Å². The number of carbonyl (C=O) groups is 1. The third-order valence-electron chi connectivity index (χ3n) is 2.79. The van der Waals surface area contributed by atoms with Crippen LogP contribution in [0.1, 0.15) is 34.1 Å². The van der Waals surface area contributed by atoms with Crippen LogP contribution >= 0.6 is 0 Å². The Morgan fingerprint density at radius 2 is 2.14 bits per heavy atom. The molecule has 0 rings (SSSR count). The summed E-state index contributed by atoms with van der Waals surface area (Å²) in [5, 5.41) is 7.26. The van der Waals surface area contributed by atoms with E-state index in [1.807, 2.05) is 27.7 Å². The van der Waals surface area contributed by atoms with Crippen molar-refractivity contribution in [2.24, 2.45) is 17.6 Å². The minimum Gasteiger partial charge on any atom is -0.443 e. The topological polar surface area (TPSA) is 76.2 Å². The van der Waals surface area contributed by atoms with E-state index >= 15 is 0 Å². The van der Waals surface area contributed by atoms with Crippen molar-refractivity contribution in [3.63, 3.8) is 0 Å². The van der Waals surface area contributed by atoms with Crippen molar-refractivity contribution in [2.75, 3.05) is 0 Å². The molecule has 0 radical (unpaired) electrons. The zero-order valence-electron chi connectivity index (χ0n) is 9.33. The zero-order valence-corrected chi connectivity index (χ0v) is 9.33. The van der Waals surface area contributed by atoms with Crippen molar-refractivity contribution >= 4 is 12.3 Å².